The van der Waals surface area contributed by atoms with Crippen molar-refractivity contribution >= 4 is 40.5 Å². The maximum absolute atomic E-state index is 12.7. The predicted octanol–water partition coefficient (Wildman–Crippen LogP) is 1.92. The van der Waals surface area contributed by atoms with E-state index in [2.05, 4.69) is 10.3 Å². The number of benzene rings is 1. The van der Waals surface area contributed by atoms with Gasteiger partial charge in [0.15, 0.2) is 16.3 Å². The Hall–Kier alpha value is -3.34. The number of imidazole rings is 1. The summed E-state index contributed by atoms with van der Waals surface area (Å²) < 4.78 is 9.05. The summed E-state index contributed by atoms with van der Waals surface area (Å²) in [4.78, 5) is 53.6. The van der Waals surface area contributed by atoms with Crippen molar-refractivity contribution in [3.8, 4) is 0 Å². The first-order chi connectivity index (χ1) is 15.1. The molecule has 0 bridgehead atoms. The Morgan fingerprint density at radius 1 is 1.12 bits per heavy atom. The third-order valence-electron chi connectivity index (χ3n) is 4.79. The maximum atomic E-state index is 12.7. The van der Waals surface area contributed by atoms with Crippen LogP contribution in [0.25, 0.3) is 11.2 Å². The number of aromatic nitrogens is 4. The summed E-state index contributed by atoms with van der Waals surface area (Å²) in [6, 6.07) is 6.30. The van der Waals surface area contributed by atoms with Crippen LogP contribution in [0.5, 0.6) is 0 Å². The van der Waals surface area contributed by atoms with Crippen LogP contribution in [0, 0.1) is 0 Å². The van der Waals surface area contributed by atoms with E-state index in [1.807, 2.05) is 13.8 Å². The van der Waals surface area contributed by atoms with Gasteiger partial charge in [-0.1, -0.05) is 11.8 Å². The van der Waals surface area contributed by atoms with E-state index < -0.39 is 17.2 Å². The minimum absolute atomic E-state index is 0.0456. The molecule has 0 atom stereocenters. The van der Waals surface area contributed by atoms with Gasteiger partial charge < -0.3 is 14.6 Å². The molecule has 2 heterocycles. The molecule has 0 saturated carbocycles. The average Bonchev–Trinajstić information content (AvgIpc) is 3.15. The number of nitrogens with one attached hydrogen (secondary N) is 1. The van der Waals surface area contributed by atoms with Crippen LogP contribution in [0.1, 0.15) is 37.2 Å². The number of anilines is 1. The normalized spacial score (nSPS) is 11.2. The Labute approximate surface area is 188 Å². The highest BCUT2D eigenvalue weighted by Gasteiger charge is 2.21. The summed E-state index contributed by atoms with van der Waals surface area (Å²) >= 11 is 1.17. The molecule has 0 spiro atoms. The fourth-order valence-corrected chi connectivity index (χ4v) is 4.13. The number of thioether (sulfide) groups is 1. The summed E-state index contributed by atoms with van der Waals surface area (Å²) in [6.07, 6.45) is 0. The largest absolute Gasteiger partial charge is 0.462 e. The molecule has 170 valence electrons. The lowest BCUT2D eigenvalue weighted by molar-refractivity contribution is -0.113. The van der Waals surface area contributed by atoms with Crippen LogP contribution in [0.3, 0.4) is 0 Å². The summed E-state index contributed by atoms with van der Waals surface area (Å²) in [5, 5.41) is 3.24. The molecule has 10 nitrogen and oxygen atoms in total. The van der Waals surface area contributed by atoms with Crippen LogP contribution >= 0.6 is 11.8 Å². The Morgan fingerprint density at radius 3 is 2.38 bits per heavy atom. The third kappa shape index (κ3) is 4.47. The number of amides is 1. The second-order valence-corrected chi connectivity index (χ2v) is 8.31. The molecule has 0 fully saturated rings. The zero-order valence-corrected chi connectivity index (χ0v) is 19.4. The zero-order valence-electron chi connectivity index (χ0n) is 18.5. The lowest BCUT2D eigenvalue weighted by Crippen LogP contribution is -2.37. The van der Waals surface area contributed by atoms with Crippen LogP contribution < -0.4 is 16.6 Å². The van der Waals surface area contributed by atoms with E-state index in [0.717, 1.165) is 4.57 Å². The first kappa shape index (κ1) is 23.3. The topological polar surface area (TPSA) is 117 Å². The first-order valence-corrected chi connectivity index (χ1v) is 11.0. The molecule has 2 aromatic heterocycles. The van der Waals surface area contributed by atoms with E-state index >= 15 is 0 Å². The molecule has 0 unspecified atom stereocenters. The standard InChI is InChI=1S/C21H25N5O5S/c1-6-31-19(29)13-7-9-14(10-8-13)22-15(27)11-32-20-23-17-16(26(20)12(2)3)18(28)25(5)21(30)24(17)4/h7-10,12H,6,11H2,1-5H3,(H,22,27). The van der Waals surface area contributed by atoms with Crippen molar-refractivity contribution in [2.75, 3.05) is 17.7 Å². The number of esters is 1. The molecule has 0 radical (unpaired) electrons. The highest BCUT2D eigenvalue weighted by Crippen LogP contribution is 2.25. The quantitative estimate of drug-likeness (QED) is 0.424. The molecule has 0 aliphatic rings. The molecule has 1 amide bonds. The number of ether oxygens (including phenoxy) is 1. The number of aryl methyl sites for hydroxylation is 1. The second kappa shape index (κ2) is 9.43. The van der Waals surface area contributed by atoms with Crippen molar-refractivity contribution in [3.05, 3.63) is 50.7 Å². The molecule has 1 aromatic carbocycles. The lowest BCUT2D eigenvalue weighted by atomic mass is 10.2. The average molecular weight is 460 g/mol. The number of hydrogen-bond donors (Lipinski definition) is 1. The molecule has 1 N–H and O–H groups in total. The SMILES string of the molecule is CCOC(=O)c1ccc(NC(=O)CSc2nc3c(c(=O)n(C)c(=O)n3C)n2C(C)C)cc1. The smallest absolute Gasteiger partial charge is 0.338 e. The van der Waals surface area contributed by atoms with Gasteiger partial charge in [0, 0.05) is 25.8 Å². The monoisotopic (exact) mass is 459 g/mol. The zero-order chi connectivity index (χ0) is 23.6. The van der Waals surface area contributed by atoms with Gasteiger partial charge in [-0.15, -0.1) is 0 Å². The van der Waals surface area contributed by atoms with Gasteiger partial charge in [0.05, 0.1) is 17.9 Å². The van der Waals surface area contributed by atoms with Gasteiger partial charge in [-0.05, 0) is 45.0 Å². The maximum Gasteiger partial charge on any atom is 0.338 e. The van der Waals surface area contributed by atoms with Crippen LogP contribution in [-0.4, -0.2) is 42.9 Å². The van der Waals surface area contributed by atoms with Gasteiger partial charge in [0.25, 0.3) is 5.56 Å². The van der Waals surface area contributed by atoms with Gasteiger partial charge in [-0.2, -0.15) is 0 Å². The molecule has 3 aromatic rings. The van der Waals surface area contributed by atoms with E-state index in [1.54, 1.807) is 42.8 Å². The fourth-order valence-electron chi connectivity index (χ4n) is 3.21. The van der Waals surface area contributed by atoms with Crippen LogP contribution in [0.15, 0.2) is 39.0 Å². The van der Waals surface area contributed by atoms with Crippen molar-refractivity contribution in [1.29, 1.82) is 0 Å². The van der Waals surface area contributed by atoms with Gasteiger partial charge in [-0.25, -0.2) is 14.6 Å². The first-order valence-electron chi connectivity index (χ1n) is 10.0. The molecule has 0 saturated heterocycles. The van der Waals surface area contributed by atoms with Crippen molar-refractivity contribution in [1.82, 2.24) is 18.7 Å². The molecule has 32 heavy (non-hydrogen) atoms. The molecular formula is C21H25N5O5S. The van der Waals surface area contributed by atoms with Gasteiger partial charge in [0.2, 0.25) is 5.91 Å². The lowest BCUT2D eigenvalue weighted by Gasteiger charge is -2.12. The number of fused-ring (bicyclic) bond motifs is 1. The number of rotatable bonds is 7. The van der Waals surface area contributed by atoms with E-state index in [9.17, 15) is 19.2 Å². The minimum Gasteiger partial charge on any atom is -0.462 e. The molecular weight excluding hydrogens is 434 g/mol. The summed E-state index contributed by atoms with van der Waals surface area (Å²) in [7, 11) is 2.98. The van der Waals surface area contributed by atoms with Crippen molar-refractivity contribution in [2.45, 2.75) is 32.0 Å². The minimum atomic E-state index is -0.462. The van der Waals surface area contributed by atoms with Crippen molar-refractivity contribution < 1.29 is 14.3 Å². The number of nitrogens with zero attached hydrogens (tertiary/aromatic N) is 4. The Kier molecular flexibility index (Phi) is 6.87. The summed E-state index contributed by atoms with van der Waals surface area (Å²) in [6.45, 7) is 5.83. The molecule has 11 heteroatoms. The highest BCUT2D eigenvalue weighted by molar-refractivity contribution is 7.99. The third-order valence-corrected chi connectivity index (χ3v) is 5.74. The Bertz CT molecular complexity index is 1290. The van der Waals surface area contributed by atoms with Gasteiger partial charge >= 0.3 is 11.7 Å². The summed E-state index contributed by atoms with van der Waals surface area (Å²) in [5.41, 5.74) is 0.652. The van der Waals surface area contributed by atoms with Gasteiger partial charge in [0.1, 0.15) is 0 Å². The second-order valence-electron chi connectivity index (χ2n) is 7.37. The van der Waals surface area contributed by atoms with E-state index in [0.29, 0.717) is 21.9 Å². The molecule has 0 aliphatic heterocycles. The number of hydrogen-bond acceptors (Lipinski definition) is 7. The van der Waals surface area contributed by atoms with Crippen LogP contribution in [0.4, 0.5) is 5.69 Å². The van der Waals surface area contributed by atoms with Crippen molar-refractivity contribution in [3.63, 3.8) is 0 Å². The van der Waals surface area contributed by atoms with E-state index in [1.165, 1.54) is 23.4 Å². The number of carbonyl (C=O) groups is 2. The molecule has 3 rings (SSSR count). The van der Waals surface area contributed by atoms with Crippen molar-refractivity contribution in [2.24, 2.45) is 14.1 Å². The Morgan fingerprint density at radius 2 is 1.78 bits per heavy atom. The van der Waals surface area contributed by atoms with Crippen LogP contribution in [0.2, 0.25) is 0 Å². The van der Waals surface area contributed by atoms with E-state index in [4.69, 9.17) is 4.74 Å². The number of carbonyl (C=O) groups excluding carboxylic acids is 2. The van der Waals surface area contributed by atoms with Crippen LogP contribution in [-0.2, 0) is 23.6 Å². The summed E-state index contributed by atoms with van der Waals surface area (Å²) in [5.74, 6) is -0.652. The van der Waals surface area contributed by atoms with E-state index in [-0.39, 0.29) is 30.0 Å². The van der Waals surface area contributed by atoms with Gasteiger partial charge in [-0.3, -0.25) is 18.7 Å². The Balaban J connectivity index is 1.79. The fraction of sp³-hybridized carbons (Fsp3) is 0.381. The predicted molar refractivity (Wildman–Crippen MR) is 122 cm³/mol. The highest BCUT2D eigenvalue weighted by atomic mass is 32.2. The molecule has 0 aliphatic carbocycles.